The predicted octanol–water partition coefficient (Wildman–Crippen LogP) is 4.16. The van der Waals surface area contributed by atoms with E-state index in [-0.39, 0.29) is 22.6 Å². The zero-order valence-corrected chi connectivity index (χ0v) is 12.0. The van der Waals surface area contributed by atoms with Crippen LogP contribution in [0.1, 0.15) is 12.0 Å². The van der Waals surface area contributed by atoms with Crippen LogP contribution >= 0.6 is 0 Å². The molecule has 0 fully saturated rings. The number of sulfone groups is 1. The Bertz CT molecular complexity index is 719. The van der Waals surface area contributed by atoms with E-state index in [0.717, 1.165) is 0 Å². The Balaban J connectivity index is 2.20. The monoisotopic (exact) mass is 308 g/mol. The lowest BCUT2D eigenvalue weighted by molar-refractivity contribution is 0.423. The minimum atomic E-state index is -3.56. The molecule has 2 nitrogen and oxygen atoms in total. The lowest BCUT2D eigenvalue weighted by Crippen LogP contribution is -2.07. The molecule has 5 heteroatoms. The quantitative estimate of drug-likeness (QED) is 0.831. The smallest absolute Gasteiger partial charge is 0.224 e. The summed E-state index contributed by atoms with van der Waals surface area (Å²) in [6, 6.07) is 15.9. The van der Waals surface area contributed by atoms with Crippen LogP contribution < -0.4 is 0 Å². The van der Waals surface area contributed by atoms with Crippen molar-refractivity contribution >= 4 is 15.4 Å². The van der Waals surface area contributed by atoms with E-state index >= 15 is 0 Å². The van der Waals surface area contributed by atoms with Gasteiger partial charge in [-0.3, -0.25) is 0 Å². The molecular weight excluding hydrogens is 294 g/mol. The topological polar surface area (TPSA) is 34.1 Å². The fraction of sp³-hybridized carbons (Fsp3) is 0.125. The molecule has 0 aromatic heterocycles. The summed E-state index contributed by atoms with van der Waals surface area (Å²) < 4.78 is 50.3. The van der Waals surface area contributed by atoms with Gasteiger partial charge in [0.2, 0.25) is 0 Å². The minimum absolute atomic E-state index is 0.150. The van der Waals surface area contributed by atoms with Gasteiger partial charge >= 0.3 is 0 Å². The van der Waals surface area contributed by atoms with Crippen LogP contribution in [0.5, 0.6) is 0 Å². The van der Waals surface area contributed by atoms with Crippen molar-refractivity contribution in [1.29, 1.82) is 0 Å². The Labute approximate surface area is 122 Å². The minimum Gasteiger partial charge on any atom is -0.224 e. The van der Waals surface area contributed by atoms with Crippen LogP contribution in [0.3, 0.4) is 0 Å². The van der Waals surface area contributed by atoms with Crippen molar-refractivity contribution in [3.8, 4) is 0 Å². The summed E-state index contributed by atoms with van der Waals surface area (Å²) in [6.45, 7) is 0. The number of hydrogen-bond acceptors (Lipinski definition) is 2. The first kappa shape index (κ1) is 15.4. The van der Waals surface area contributed by atoms with Crippen LogP contribution in [0.4, 0.5) is 8.78 Å². The van der Waals surface area contributed by atoms with Crippen molar-refractivity contribution in [2.24, 2.45) is 0 Å². The summed E-state index contributed by atoms with van der Waals surface area (Å²) in [5, 5.41) is 0. The molecule has 0 radical (unpaired) electrons. The van der Waals surface area contributed by atoms with Crippen molar-refractivity contribution in [3.05, 3.63) is 72.3 Å². The highest BCUT2D eigenvalue weighted by atomic mass is 32.2. The Morgan fingerprint density at radius 3 is 1.90 bits per heavy atom. The van der Waals surface area contributed by atoms with Crippen molar-refractivity contribution in [1.82, 2.24) is 0 Å². The second-order valence-electron chi connectivity index (χ2n) is 4.49. The van der Waals surface area contributed by atoms with E-state index in [1.807, 2.05) is 0 Å². The van der Waals surface area contributed by atoms with Gasteiger partial charge in [-0.05, 0) is 24.1 Å². The summed E-state index contributed by atoms with van der Waals surface area (Å²) >= 11 is 0. The summed E-state index contributed by atoms with van der Waals surface area (Å²) in [6.07, 6.45) is -2.06. The van der Waals surface area contributed by atoms with Crippen molar-refractivity contribution in [3.63, 3.8) is 0 Å². The Kier molecular flexibility index (Phi) is 4.85. The second-order valence-corrected chi connectivity index (χ2v) is 6.60. The zero-order valence-electron chi connectivity index (χ0n) is 11.2. The van der Waals surface area contributed by atoms with E-state index in [9.17, 15) is 17.2 Å². The maximum absolute atomic E-state index is 13.0. The Hall–Kier alpha value is -2.01. The lowest BCUT2D eigenvalue weighted by atomic mass is 10.1. The first-order valence-corrected chi connectivity index (χ1v) is 8.03. The van der Waals surface area contributed by atoms with E-state index in [4.69, 9.17) is 0 Å². The molecule has 2 aromatic carbocycles. The highest BCUT2D eigenvalue weighted by Gasteiger charge is 2.17. The van der Waals surface area contributed by atoms with Crippen LogP contribution in [0, 0.1) is 0 Å². The molecule has 0 aliphatic rings. The normalized spacial score (nSPS) is 11.1. The van der Waals surface area contributed by atoms with Gasteiger partial charge in [-0.15, -0.1) is 0 Å². The standard InChI is InChI=1S/C16H14F2O2S/c17-16(18)15(13-7-3-1-4-8-13)11-12-21(19,20)14-9-5-2-6-10-14/h1-10H,11-12H2. The number of allylic oxidation sites excluding steroid dienone is 1. The second kappa shape index (κ2) is 6.63. The number of hydrogen-bond donors (Lipinski definition) is 0. The molecule has 21 heavy (non-hydrogen) atoms. The maximum atomic E-state index is 13.0. The van der Waals surface area contributed by atoms with Crippen LogP contribution in [0.25, 0.3) is 5.57 Å². The van der Waals surface area contributed by atoms with Gasteiger partial charge in [-0.25, -0.2) is 8.42 Å². The van der Waals surface area contributed by atoms with E-state index in [0.29, 0.717) is 5.56 Å². The third-order valence-corrected chi connectivity index (χ3v) is 4.81. The Morgan fingerprint density at radius 1 is 0.857 bits per heavy atom. The third kappa shape index (κ3) is 3.98. The largest absolute Gasteiger partial charge is 0.274 e. The molecule has 0 unspecified atom stereocenters. The van der Waals surface area contributed by atoms with Gasteiger partial charge in [0, 0.05) is 5.57 Å². The van der Waals surface area contributed by atoms with Crippen molar-refractivity contribution in [2.45, 2.75) is 11.3 Å². The lowest BCUT2D eigenvalue weighted by Gasteiger charge is -2.08. The highest BCUT2D eigenvalue weighted by molar-refractivity contribution is 7.91. The summed E-state index contributed by atoms with van der Waals surface area (Å²) in [5.74, 6) is -0.349. The number of rotatable bonds is 5. The predicted molar refractivity (Wildman–Crippen MR) is 78.7 cm³/mol. The third-order valence-electron chi connectivity index (χ3n) is 3.07. The molecule has 2 rings (SSSR count). The molecule has 0 saturated carbocycles. The molecule has 0 bridgehead atoms. The first-order valence-electron chi connectivity index (χ1n) is 6.38. The van der Waals surface area contributed by atoms with Crippen LogP contribution in [-0.4, -0.2) is 14.2 Å². The molecule has 0 saturated heterocycles. The van der Waals surface area contributed by atoms with Gasteiger partial charge in [-0.1, -0.05) is 48.5 Å². The van der Waals surface area contributed by atoms with Crippen molar-refractivity contribution < 1.29 is 17.2 Å². The Morgan fingerprint density at radius 2 is 1.38 bits per heavy atom. The van der Waals surface area contributed by atoms with Gasteiger partial charge in [-0.2, -0.15) is 8.78 Å². The molecule has 2 aromatic rings. The van der Waals surface area contributed by atoms with E-state index < -0.39 is 15.9 Å². The van der Waals surface area contributed by atoms with E-state index in [1.165, 1.54) is 12.1 Å². The average molecular weight is 308 g/mol. The molecule has 0 aliphatic carbocycles. The van der Waals surface area contributed by atoms with Crippen LogP contribution in [0.2, 0.25) is 0 Å². The molecular formula is C16H14F2O2S. The number of halogens is 2. The van der Waals surface area contributed by atoms with Crippen LogP contribution in [0.15, 0.2) is 71.6 Å². The van der Waals surface area contributed by atoms with Gasteiger partial charge in [0.05, 0.1) is 10.6 Å². The van der Waals surface area contributed by atoms with Gasteiger partial charge < -0.3 is 0 Å². The van der Waals surface area contributed by atoms with Gasteiger partial charge in [0.15, 0.2) is 9.84 Å². The van der Waals surface area contributed by atoms with Gasteiger partial charge in [0.25, 0.3) is 6.08 Å². The van der Waals surface area contributed by atoms with Gasteiger partial charge in [0.1, 0.15) is 0 Å². The fourth-order valence-electron chi connectivity index (χ4n) is 1.97. The highest BCUT2D eigenvalue weighted by Crippen LogP contribution is 2.25. The molecule has 0 heterocycles. The summed E-state index contributed by atoms with van der Waals surface area (Å²) in [4.78, 5) is 0.150. The molecule has 0 N–H and O–H groups in total. The molecule has 0 spiro atoms. The SMILES string of the molecule is O=S(=O)(CCC(=C(F)F)c1ccccc1)c1ccccc1. The van der Waals surface area contributed by atoms with E-state index in [1.54, 1.807) is 48.5 Å². The zero-order chi connectivity index (χ0) is 15.3. The first-order chi connectivity index (χ1) is 10.0. The molecule has 0 atom stereocenters. The summed E-state index contributed by atoms with van der Waals surface area (Å²) in [7, 11) is -3.56. The number of benzene rings is 2. The molecule has 0 amide bonds. The maximum Gasteiger partial charge on any atom is 0.274 e. The fourth-order valence-corrected chi connectivity index (χ4v) is 3.25. The van der Waals surface area contributed by atoms with Crippen molar-refractivity contribution in [2.75, 3.05) is 5.75 Å². The molecule has 110 valence electrons. The average Bonchev–Trinajstić information content (AvgIpc) is 2.49. The summed E-state index contributed by atoms with van der Waals surface area (Å²) in [5.41, 5.74) is 0.121. The van der Waals surface area contributed by atoms with E-state index in [2.05, 4.69) is 0 Å². The molecule has 0 aliphatic heterocycles. The van der Waals surface area contributed by atoms with Crippen LogP contribution in [-0.2, 0) is 9.84 Å².